The van der Waals surface area contributed by atoms with Crippen LogP contribution >= 0.6 is 0 Å². The average molecular weight is 485 g/mol. The van der Waals surface area contributed by atoms with Gasteiger partial charge in [0.25, 0.3) is 0 Å². The molecule has 0 bridgehead atoms. The molecule has 1 N–H and O–H groups in total. The van der Waals surface area contributed by atoms with E-state index in [1.54, 1.807) is 12.4 Å². The molecule has 0 spiro atoms. The Morgan fingerprint density at radius 2 is 1.92 bits per heavy atom. The molecule has 186 valence electrons. The summed E-state index contributed by atoms with van der Waals surface area (Å²) < 4.78 is 17.0. The van der Waals surface area contributed by atoms with Gasteiger partial charge in [0.1, 0.15) is 5.83 Å². The molecule has 36 heavy (non-hydrogen) atoms. The second-order valence-corrected chi connectivity index (χ2v) is 9.61. The number of nitrogens with zero attached hydrogens (tertiary/aromatic N) is 5. The molecule has 3 aromatic rings. The number of aromatic nitrogens is 3. The van der Waals surface area contributed by atoms with Gasteiger partial charge in [0.05, 0.1) is 17.8 Å². The van der Waals surface area contributed by atoms with Crippen molar-refractivity contribution in [3.8, 4) is 0 Å². The monoisotopic (exact) mass is 484 g/mol. The Kier molecular flexibility index (Phi) is 6.39. The van der Waals surface area contributed by atoms with Gasteiger partial charge >= 0.3 is 0 Å². The molecule has 5 rings (SSSR count). The lowest BCUT2D eigenvalue weighted by Gasteiger charge is -2.36. The minimum absolute atomic E-state index is 0.0829. The lowest BCUT2D eigenvalue weighted by atomic mass is 9.89. The van der Waals surface area contributed by atoms with Crippen LogP contribution in [0.3, 0.4) is 0 Å². The fraction of sp³-hybridized carbons (Fsp3) is 0.310. The molecule has 1 unspecified atom stereocenters. The van der Waals surface area contributed by atoms with Gasteiger partial charge in [0.15, 0.2) is 11.5 Å². The molecule has 1 saturated heterocycles. The van der Waals surface area contributed by atoms with Crippen LogP contribution in [0.25, 0.3) is 11.3 Å². The molecule has 0 radical (unpaired) electrons. The van der Waals surface area contributed by atoms with Crippen molar-refractivity contribution < 1.29 is 4.39 Å². The topological polar surface area (TPSA) is 48.7 Å². The average Bonchev–Trinajstić information content (AvgIpc) is 3.32. The zero-order valence-corrected chi connectivity index (χ0v) is 21.3. The highest BCUT2D eigenvalue weighted by atomic mass is 19.1. The molecule has 2 aliphatic rings. The summed E-state index contributed by atoms with van der Waals surface area (Å²) in [5.74, 6) is 0.222. The predicted octanol–water partition coefficient (Wildman–Crippen LogP) is 6.19. The van der Waals surface area contributed by atoms with E-state index in [1.165, 1.54) is 0 Å². The third kappa shape index (κ3) is 4.30. The van der Waals surface area contributed by atoms with Gasteiger partial charge in [-0.05, 0) is 62.2 Å². The number of fused-ring (bicyclic) bond motifs is 1. The Labute approximate surface area is 212 Å². The second kappa shape index (κ2) is 9.64. The minimum atomic E-state index is -0.333. The molecule has 7 heteroatoms. The van der Waals surface area contributed by atoms with Crippen LogP contribution in [-0.2, 0) is 0 Å². The van der Waals surface area contributed by atoms with E-state index in [0.29, 0.717) is 23.5 Å². The van der Waals surface area contributed by atoms with Crippen molar-refractivity contribution in [1.29, 1.82) is 0 Å². The van der Waals surface area contributed by atoms with Gasteiger partial charge in [0.2, 0.25) is 0 Å². The molecule has 3 heterocycles. The van der Waals surface area contributed by atoms with E-state index in [-0.39, 0.29) is 11.7 Å². The van der Waals surface area contributed by atoms with Crippen LogP contribution in [0.4, 0.5) is 15.9 Å². The number of aryl methyl sites for hydroxylation is 1. The van der Waals surface area contributed by atoms with Crippen molar-refractivity contribution in [2.75, 3.05) is 31.5 Å². The molecule has 1 fully saturated rings. The molecule has 1 aliphatic heterocycles. The summed E-state index contributed by atoms with van der Waals surface area (Å²) in [4.78, 5) is 13.7. The number of hydrogen-bond donors (Lipinski definition) is 1. The number of imidazole rings is 1. The maximum Gasteiger partial charge on any atom is 0.180 e. The summed E-state index contributed by atoms with van der Waals surface area (Å²) in [6.45, 7) is 17.9. The highest BCUT2D eigenvalue weighted by molar-refractivity contribution is 5.73. The Bertz CT molecular complexity index is 1390. The lowest BCUT2D eigenvalue weighted by molar-refractivity contribution is 0.229. The van der Waals surface area contributed by atoms with E-state index in [0.717, 1.165) is 60.0 Å². The predicted molar refractivity (Wildman–Crippen MR) is 145 cm³/mol. The first-order valence-electron chi connectivity index (χ1n) is 12.4. The normalized spacial score (nSPS) is 18.4. The first kappa shape index (κ1) is 23.9. The summed E-state index contributed by atoms with van der Waals surface area (Å²) in [6.07, 6.45) is 9.97. The molecule has 1 aliphatic carbocycles. The number of allylic oxidation sites excluding steroid dienone is 4. The zero-order chi connectivity index (χ0) is 25.4. The first-order chi connectivity index (χ1) is 17.4. The van der Waals surface area contributed by atoms with Crippen molar-refractivity contribution in [2.45, 2.75) is 33.1 Å². The summed E-state index contributed by atoms with van der Waals surface area (Å²) in [5, 5.41) is 3.42. The number of rotatable bonds is 6. The third-order valence-corrected chi connectivity index (χ3v) is 7.48. The third-order valence-electron chi connectivity index (χ3n) is 7.48. The van der Waals surface area contributed by atoms with Gasteiger partial charge in [-0.1, -0.05) is 25.3 Å². The van der Waals surface area contributed by atoms with Gasteiger partial charge in [-0.15, -0.1) is 0 Å². The van der Waals surface area contributed by atoms with Crippen LogP contribution in [0, 0.1) is 6.92 Å². The maximum absolute atomic E-state index is 15.1. The maximum atomic E-state index is 15.1. The summed E-state index contributed by atoms with van der Waals surface area (Å²) in [7, 11) is 0. The Hall–Kier alpha value is -3.87. The molecular weight excluding hydrogens is 451 g/mol. The summed E-state index contributed by atoms with van der Waals surface area (Å²) in [6, 6.07) is 6.26. The molecule has 1 aromatic carbocycles. The van der Waals surface area contributed by atoms with E-state index >= 15 is 4.39 Å². The summed E-state index contributed by atoms with van der Waals surface area (Å²) in [5.41, 5.74) is 7.47. The molecule has 0 saturated carbocycles. The van der Waals surface area contributed by atoms with Gasteiger partial charge in [-0.3, -0.25) is 4.40 Å². The van der Waals surface area contributed by atoms with Crippen molar-refractivity contribution in [3.63, 3.8) is 0 Å². The van der Waals surface area contributed by atoms with Gasteiger partial charge in [-0.2, -0.15) is 0 Å². The van der Waals surface area contributed by atoms with E-state index < -0.39 is 0 Å². The number of hydrogen-bond acceptors (Lipinski definition) is 5. The fourth-order valence-corrected chi connectivity index (χ4v) is 5.08. The second-order valence-electron chi connectivity index (χ2n) is 9.61. The largest absolute Gasteiger partial charge is 0.374 e. The van der Waals surface area contributed by atoms with Crippen molar-refractivity contribution >= 4 is 22.8 Å². The van der Waals surface area contributed by atoms with Gasteiger partial charge in [0, 0.05) is 55.5 Å². The first-order valence-corrected chi connectivity index (χ1v) is 12.4. The molecular formula is C29H33FN6. The zero-order valence-electron chi connectivity index (χ0n) is 21.3. The fourth-order valence-electron chi connectivity index (χ4n) is 5.08. The standard InChI is InChI=1S/C29H33FN6/c1-6-34-13-15-35(16-14-34)22(5)24-10-8-23(17-20(24)3)33-28-29-32-18-26(36(29)12-11-31-28)25-9-7-19(2)21(4)27(25)30/h6-8,10-12,17-18,25H,1,5,9,13-16H2,2-4H3,(H,31,33). The highest BCUT2D eigenvalue weighted by Gasteiger charge is 2.26. The van der Waals surface area contributed by atoms with Crippen LogP contribution in [0.2, 0.25) is 0 Å². The van der Waals surface area contributed by atoms with Crippen LogP contribution in [0.15, 0.2) is 79.2 Å². The number of halogens is 1. The highest BCUT2D eigenvalue weighted by Crippen LogP contribution is 2.38. The number of piperazine rings is 1. The lowest BCUT2D eigenvalue weighted by Crippen LogP contribution is -2.42. The van der Waals surface area contributed by atoms with E-state index in [1.807, 2.05) is 36.7 Å². The Balaban J connectivity index is 1.37. The van der Waals surface area contributed by atoms with E-state index in [2.05, 4.69) is 63.4 Å². The van der Waals surface area contributed by atoms with Gasteiger partial charge < -0.3 is 15.1 Å². The van der Waals surface area contributed by atoms with Crippen LogP contribution in [0.1, 0.15) is 43.0 Å². The van der Waals surface area contributed by atoms with Crippen molar-refractivity contribution in [1.82, 2.24) is 24.2 Å². The van der Waals surface area contributed by atoms with Crippen molar-refractivity contribution in [2.24, 2.45) is 0 Å². The van der Waals surface area contributed by atoms with E-state index in [4.69, 9.17) is 0 Å². The molecule has 0 amide bonds. The smallest absolute Gasteiger partial charge is 0.180 e. The van der Waals surface area contributed by atoms with Crippen LogP contribution in [-0.4, -0.2) is 50.3 Å². The number of benzene rings is 1. The number of nitrogens with one attached hydrogen (secondary N) is 1. The number of anilines is 2. The minimum Gasteiger partial charge on any atom is -0.374 e. The van der Waals surface area contributed by atoms with Gasteiger partial charge in [-0.25, -0.2) is 14.4 Å². The van der Waals surface area contributed by atoms with Crippen molar-refractivity contribution in [3.05, 3.63) is 96.0 Å². The van der Waals surface area contributed by atoms with Crippen LogP contribution in [0.5, 0.6) is 0 Å². The molecule has 6 nitrogen and oxygen atoms in total. The van der Waals surface area contributed by atoms with Crippen LogP contribution < -0.4 is 5.32 Å². The quantitative estimate of drug-likeness (QED) is 0.452. The molecule has 1 atom stereocenters. The SMILES string of the molecule is C=CN1CCN(C(=C)c2ccc(Nc3nccn4c(C5CC=C(C)C(C)=C5F)cnc34)cc2C)CC1. The molecule has 2 aromatic heterocycles. The Morgan fingerprint density at radius 3 is 2.64 bits per heavy atom. The Morgan fingerprint density at radius 1 is 1.14 bits per heavy atom. The summed E-state index contributed by atoms with van der Waals surface area (Å²) >= 11 is 0. The van der Waals surface area contributed by atoms with E-state index in [9.17, 15) is 0 Å².